The summed E-state index contributed by atoms with van der Waals surface area (Å²) in [6.07, 6.45) is 0. The molecule has 106 valence electrons. The number of carboxylic acid groups (broad SMARTS) is 1. The Bertz CT molecular complexity index is 677. The molecule has 0 bridgehead atoms. The van der Waals surface area contributed by atoms with E-state index in [0.717, 1.165) is 0 Å². The molecule has 0 saturated carbocycles. The highest BCUT2D eigenvalue weighted by molar-refractivity contribution is 6.42. The second kappa shape index (κ2) is 6.33. The van der Waals surface area contributed by atoms with Crippen LogP contribution in [0.15, 0.2) is 59.8 Å². The van der Waals surface area contributed by atoms with Crippen molar-refractivity contribution < 1.29 is 24.6 Å². The summed E-state index contributed by atoms with van der Waals surface area (Å²) in [5, 5.41) is 21.7. The Morgan fingerprint density at radius 2 is 1.52 bits per heavy atom. The van der Waals surface area contributed by atoms with E-state index < -0.39 is 17.7 Å². The van der Waals surface area contributed by atoms with E-state index in [1.54, 1.807) is 18.2 Å². The normalized spacial score (nSPS) is 11.0. The highest BCUT2D eigenvalue weighted by Crippen LogP contribution is 2.11. The second-order valence-corrected chi connectivity index (χ2v) is 4.04. The molecule has 0 atom stereocenters. The number of hydrogen-bond acceptors (Lipinski definition) is 5. The van der Waals surface area contributed by atoms with Gasteiger partial charge in [-0.05, 0) is 36.4 Å². The highest BCUT2D eigenvalue weighted by Gasteiger charge is 2.15. The predicted octanol–water partition coefficient (Wildman–Crippen LogP) is 2.04. The van der Waals surface area contributed by atoms with Crippen molar-refractivity contribution in [2.24, 2.45) is 5.16 Å². The van der Waals surface area contributed by atoms with Gasteiger partial charge < -0.3 is 15.1 Å². The molecular formula is C15H11NO5. The quantitative estimate of drug-likeness (QED) is 0.509. The summed E-state index contributed by atoms with van der Waals surface area (Å²) in [5.74, 6) is -2.11. The molecular weight excluding hydrogens is 274 g/mol. The van der Waals surface area contributed by atoms with Gasteiger partial charge in [-0.2, -0.15) is 0 Å². The zero-order chi connectivity index (χ0) is 15.2. The number of rotatable bonds is 4. The van der Waals surface area contributed by atoms with Crippen LogP contribution in [0.4, 0.5) is 0 Å². The Morgan fingerprint density at radius 1 is 0.905 bits per heavy atom. The second-order valence-electron chi connectivity index (χ2n) is 4.04. The van der Waals surface area contributed by atoms with Crippen LogP contribution >= 0.6 is 0 Å². The van der Waals surface area contributed by atoms with Crippen LogP contribution in [0.25, 0.3) is 0 Å². The van der Waals surface area contributed by atoms with Gasteiger partial charge in [0.2, 0.25) is 0 Å². The maximum absolute atomic E-state index is 11.7. The molecule has 0 aromatic heterocycles. The number of oxime groups is 1. The van der Waals surface area contributed by atoms with Gasteiger partial charge in [-0.1, -0.05) is 23.4 Å². The molecule has 0 amide bonds. The SMILES string of the molecule is O=C(O)C(=NOC(=O)c1ccccc1)c1ccc(O)cc1. The van der Waals surface area contributed by atoms with Gasteiger partial charge >= 0.3 is 11.9 Å². The van der Waals surface area contributed by atoms with Gasteiger partial charge in [-0.25, -0.2) is 9.59 Å². The molecule has 0 aliphatic heterocycles. The minimum Gasteiger partial charge on any atom is -0.508 e. The summed E-state index contributed by atoms with van der Waals surface area (Å²) in [5.41, 5.74) is 0.0390. The van der Waals surface area contributed by atoms with Gasteiger partial charge in [-0.15, -0.1) is 0 Å². The van der Waals surface area contributed by atoms with Crippen LogP contribution < -0.4 is 0 Å². The van der Waals surface area contributed by atoms with Gasteiger partial charge in [0.15, 0.2) is 5.71 Å². The molecule has 0 saturated heterocycles. The standard InChI is InChI=1S/C15H11NO5/c17-12-8-6-10(7-9-12)13(14(18)19)16-21-15(20)11-4-2-1-3-5-11/h1-9,17H,(H,18,19). The van der Waals surface area contributed by atoms with Crippen molar-refractivity contribution in [2.45, 2.75) is 0 Å². The molecule has 21 heavy (non-hydrogen) atoms. The van der Waals surface area contributed by atoms with Gasteiger partial charge in [0.1, 0.15) is 5.75 Å². The Kier molecular flexibility index (Phi) is 4.30. The number of carbonyl (C=O) groups is 2. The number of nitrogens with zero attached hydrogens (tertiary/aromatic N) is 1. The van der Waals surface area contributed by atoms with Crippen LogP contribution in [0.2, 0.25) is 0 Å². The Labute approximate surface area is 119 Å². The van der Waals surface area contributed by atoms with E-state index in [1.807, 2.05) is 0 Å². The predicted molar refractivity (Wildman–Crippen MR) is 74.1 cm³/mol. The molecule has 2 rings (SSSR count). The number of carbonyl (C=O) groups excluding carboxylic acids is 1. The van der Waals surface area contributed by atoms with Crippen LogP contribution in [-0.4, -0.2) is 27.9 Å². The van der Waals surface area contributed by atoms with Crippen LogP contribution in [0.3, 0.4) is 0 Å². The molecule has 2 aromatic rings. The maximum atomic E-state index is 11.7. The minimum atomic E-state index is -1.35. The van der Waals surface area contributed by atoms with Crippen molar-refractivity contribution in [3.8, 4) is 5.75 Å². The molecule has 0 heterocycles. The largest absolute Gasteiger partial charge is 0.508 e. The fraction of sp³-hybridized carbons (Fsp3) is 0. The van der Waals surface area contributed by atoms with Crippen LogP contribution in [0, 0.1) is 0 Å². The first-order chi connectivity index (χ1) is 10.1. The maximum Gasteiger partial charge on any atom is 0.365 e. The molecule has 0 spiro atoms. The van der Waals surface area contributed by atoms with Gasteiger partial charge in [0, 0.05) is 5.56 Å². The monoisotopic (exact) mass is 285 g/mol. The Balaban J connectivity index is 2.21. The van der Waals surface area contributed by atoms with Crippen LogP contribution in [0.1, 0.15) is 15.9 Å². The molecule has 2 N–H and O–H groups in total. The third-order valence-electron chi connectivity index (χ3n) is 2.57. The molecule has 0 fully saturated rings. The zero-order valence-electron chi connectivity index (χ0n) is 10.8. The number of benzene rings is 2. The first-order valence-corrected chi connectivity index (χ1v) is 5.95. The summed E-state index contributed by atoms with van der Waals surface area (Å²) in [6.45, 7) is 0. The highest BCUT2D eigenvalue weighted by atomic mass is 16.7. The lowest BCUT2D eigenvalue weighted by atomic mass is 10.1. The summed E-state index contributed by atoms with van der Waals surface area (Å²) in [4.78, 5) is 27.5. The first-order valence-electron chi connectivity index (χ1n) is 5.95. The number of phenolic OH excluding ortho intramolecular Hbond substituents is 1. The van der Waals surface area contributed by atoms with Gasteiger partial charge in [-0.3, -0.25) is 0 Å². The molecule has 0 aliphatic carbocycles. The summed E-state index contributed by atoms with van der Waals surface area (Å²) in [7, 11) is 0. The Hall–Kier alpha value is -3.15. The molecule has 0 aliphatic rings. The fourth-order valence-electron chi connectivity index (χ4n) is 1.55. The van der Waals surface area contributed by atoms with Crippen molar-refractivity contribution in [1.29, 1.82) is 0 Å². The lowest BCUT2D eigenvalue weighted by Gasteiger charge is -2.02. The zero-order valence-corrected chi connectivity index (χ0v) is 10.8. The lowest BCUT2D eigenvalue weighted by Crippen LogP contribution is -2.16. The number of carboxylic acids is 1. The molecule has 2 aromatic carbocycles. The van der Waals surface area contributed by atoms with Crippen molar-refractivity contribution in [1.82, 2.24) is 0 Å². The van der Waals surface area contributed by atoms with E-state index in [9.17, 15) is 14.7 Å². The van der Waals surface area contributed by atoms with E-state index in [1.165, 1.54) is 36.4 Å². The van der Waals surface area contributed by atoms with Crippen LogP contribution in [0.5, 0.6) is 5.75 Å². The van der Waals surface area contributed by atoms with Gasteiger partial charge in [0.25, 0.3) is 0 Å². The lowest BCUT2D eigenvalue weighted by molar-refractivity contribution is -0.129. The summed E-state index contributed by atoms with van der Waals surface area (Å²) >= 11 is 0. The van der Waals surface area contributed by atoms with E-state index in [2.05, 4.69) is 9.99 Å². The van der Waals surface area contributed by atoms with E-state index in [4.69, 9.17) is 5.11 Å². The smallest absolute Gasteiger partial charge is 0.365 e. The third-order valence-corrected chi connectivity index (χ3v) is 2.57. The molecule has 0 radical (unpaired) electrons. The number of hydrogen-bond donors (Lipinski definition) is 2. The minimum absolute atomic E-state index is 0.00947. The van der Waals surface area contributed by atoms with Crippen molar-refractivity contribution in [2.75, 3.05) is 0 Å². The topological polar surface area (TPSA) is 96.2 Å². The third kappa shape index (κ3) is 3.66. The fourth-order valence-corrected chi connectivity index (χ4v) is 1.55. The van der Waals surface area contributed by atoms with Crippen molar-refractivity contribution in [3.63, 3.8) is 0 Å². The number of aliphatic carboxylic acids is 1. The summed E-state index contributed by atoms with van der Waals surface area (Å²) in [6, 6.07) is 13.4. The van der Waals surface area contributed by atoms with E-state index in [0.29, 0.717) is 0 Å². The molecule has 6 heteroatoms. The average molecular weight is 285 g/mol. The number of aromatic hydroxyl groups is 1. The van der Waals surface area contributed by atoms with Gasteiger partial charge in [0.05, 0.1) is 5.56 Å². The first kappa shape index (κ1) is 14.3. The van der Waals surface area contributed by atoms with Crippen molar-refractivity contribution >= 4 is 17.7 Å². The number of phenols is 1. The summed E-state index contributed by atoms with van der Waals surface area (Å²) < 4.78 is 0. The van der Waals surface area contributed by atoms with E-state index >= 15 is 0 Å². The van der Waals surface area contributed by atoms with Crippen LogP contribution in [-0.2, 0) is 9.63 Å². The Morgan fingerprint density at radius 3 is 2.10 bits per heavy atom. The van der Waals surface area contributed by atoms with Crippen molar-refractivity contribution in [3.05, 3.63) is 65.7 Å². The molecule has 6 nitrogen and oxygen atoms in total. The average Bonchev–Trinajstić information content (AvgIpc) is 2.49. The molecule has 0 unspecified atom stereocenters. The van der Waals surface area contributed by atoms with E-state index in [-0.39, 0.29) is 16.9 Å².